The number of aryl methyl sites for hydroxylation is 1. The van der Waals surface area contributed by atoms with Gasteiger partial charge in [0.2, 0.25) is 12.3 Å². The van der Waals surface area contributed by atoms with Gasteiger partial charge in [0.25, 0.3) is 0 Å². The van der Waals surface area contributed by atoms with Crippen LogP contribution in [0.4, 0.5) is 10.1 Å². The molecule has 0 aliphatic carbocycles. The van der Waals surface area contributed by atoms with Crippen LogP contribution in [0.1, 0.15) is 49.9 Å². The summed E-state index contributed by atoms with van der Waals surface area (Å²) in [6, 6.07) is 9.46. The van der Waals surface area contributed by atoms with Gasteiger partial charge in [0.15, 0.2) is 0 Å². The van der Waals surface area contributed by atoms with Crippen LogP contribution in [-0.4, -0.2) is 116 Å². The first kappa shape index (κ1) is 39.2. The van der Waals surface area contributed by atoms with Crippen molar-refractivity contribution < 1.29 is 29.0 Å². The number of likely N-dealkylation sites (N-methyl/N-ethyl adjacent to an activating group) is 1. The largest absolute Gasteiger partial charge is 0.397 e. The zero-order valence-electron chi connectivity index (χ0n) is 29.5. The lowest BCUT2D eigenvalue weighted by atomic mass is 9.40. The van der Waals surface area contributed by atoms with E-state index in [2.05, 4.69) is 36.3 Å². The van der Waals surface area contributed by atoms with Crippen LogP contribution in [0.2, 0.25) is 5.21 Å². The van der Waals surface area contributed by atoms with Crippen LogP contribution in [0.5, 0.6) is 0 Å². The SMILES string of the molecule is BC(B)(c1cccc(CNc2cccc(C)c2CN(C=O)C(C(=O)NC)C(B)(O)C(B)(B)C=O)c1F)N(CC(C)O)CC(C)(C)C. The monoisotopic (exact) mass is 632 g/mol. The van der Waals surface area contributed by atoms with Crippen LogP contribution >= 0.6 is 0 Å². The first-order chi connectivity index (χ1) is 21.1. The van der Waals surface area contributed by atoms with E-state index in [9.17, 15) is 24.6 Å². The van der Waals surface area contributed by atoms with Crippen molar-refractivity contribution in [1.82, 2.24) is 15.1 Å². The summed E-state index contributed by atoms with van der Waals surface area (Å²) in [6.45, 7) is 11.1. The molecule has 0 aliphatic heterocycles. The molecule has 0 radical (unpaired) electrons. The topological polar surface area (TPSA) is 122 Å². The van der Waals surface area contributed by atoms with Gasteiger partial charge in [-0.15, -0.1) is 0 Å². The minimum absolute atomic E-state index is 0.0572. The smallest absolute Gasteiger partial charge is 0.244 e. The molecule has 0 heterocycles. The second kappa shape index (κ2) is 15.3. The summed E-state index contributed by atoms with van der Waals surface area (Å²) >= 11 is 0. The molecule has 4 N–H and O–H groups in total. The quantitative estimate of drug-likeness (QED) is 0.123. The van der Waals surface area contributed by atoms with Gasteiger partial charge in [0.1, 0.15) is 57.4 Å². The van der Waals surface area contributed by atoms with Gasteiger partial charge in [-0.2, -0.15) is 0 Å². The van der Waals surface area contributed by atoms with Crippen molar-refractivity contribution in [3.63, 3.8) is 0 Å². The fourth-order valence-electron chi connectivity index (χ4n) is 5.72. The maximum Gasteiger partial charge on any atom is 0.244 e. The molecule has 15 heteroatoms. The number of amides is 2. The number of carbonyl (C=O) groups is 3. The Hall–Kier alpha value is -3.02. The maximum absolute atomic E-state index is 16.3. The first-order valence-electron chi connectivity index (χ1n) is 15.8. The molecule has 46 heavy (non-hydrogen) atoms. The maximum atomic E-state index is 16.3. The number of carbonyl (C=O) groups excluding carboxylic acids is 3. The molecule has 0 fully saturated rings. The lowest BCUT2D eigenvalue weighted by Gasteiger charge is -2.45. The lowest BCUT2D eigenvalue weighted by Crippen LogP contribution is -2.65. The third kappa shape index (κ3) is 9.07. The number of anilines is 1. The van der Waals surface area contributed by atoms with E-state index in [1.54, 1.807) is 19.1 Å². The number of halogens is 1. The van der Waals surface area contributed by atoms with E-state index in [-0.39, 0.29) is 24.3 Å². The highest BCUT2D eigenvalue weighted by molar-refractivity contribution is 6.52. The normalized spacial score (nSPS) is 15.0. The van der Waals surface area contributed by atoms with Gasteiger partial charge in [0, 0.05) is 44.5 Å². The predicted octanol–water partition coefficient (Wildman–Crippen LogP) is -2.17. The van der Waals surface area contributed by atoms with E-state index in [4.69, 9.17) is 0 Å². The van der Waals surface area contributed by atoms with E-state index < -0.39 is 34.1 Å². The van der Waals surface area contributed by atoms with E-state index in [0.717, 1.165) is 5.56 Å². The zero-order valence-corrected chi connectivity index (χ0v) is 29.5. The number of rotatable bonds is 16. The molecule has 2 amide bonds. The molecule has 2 aromatic rings. The lowest BCUT2D eigenvalue weighted by molar-refractivity contribution is -0.141. The predicted molar refractivity (Wildman–Crippen MR) is 195 cm³/mol. The Morgan fingerprint density at radius 2 is 1.67 bits per heavy atom. The van der Waals surface area contributed by atoms with E-state index in [1.807, 2.05) is 46.9 Å². The average Bonchev–Trinajstić information content (AvgIpc) is 2.95. The Morgan fingerprint density at radius 3 is 2.20 bits per heavy atom. The minimum atomic E-state index is -1.91. The Balaban J connectivity index is 2.49. The van der Waals surface area contributed by atoms with Crippen LogP contribution in [-0.2, 0) is 32.8 Å². The average molecular weight is 632 g/mol. The van der Waals surface area contributed by atoms with Gasteiger partial charge in [0.05, 0.1) is 11.6 Å². The molecular formula is C31H50B5FN4O5. The minimum Gasteiger partial charge on any atom is -0.397 e. The number of aliphatic hydroxyl groups excluding tert-OH is 1. The van der Waals surface area contributed by atoms with Crippen LogP contribution < -0.4 is 10.6 Å². The number of aliphatic hydroxyl groups is 2. The van der Waals surface area contributed by atoms with Gasteiger partial charge < -0.3 is 35.4 Å². The van der Waals surface area contributed by atoms with Gasteiger partial charge in [-0.1, -0.05) is 51.1 Å². The molecule has 0 spiro atoms. The summed E-state index contributed by atoms with van der Waals surface area (Å²) in [5.41, 5.74) is 1.09. The number of nitrogens with zero attached hydrogens (tertiary/aromatic N) is 2. The van der Waals surface area contributed by atoms with Gasteiger partial charge in [-0.3, -0.25) is 9.59 Å². The number of hydrogen-bond donors (Lipinski definition) is 4. The van der Waals surface area contributed by atoms with E-state index in [1.165, 1.54) is 35.5 Å². The van der Waals surface area contributed by atoms with Crippen LogP contribution in [0, 0.1) is 18.2 Å². The number of aldehydes is 1. The van der Waals surface area contributed by atoms with Crippen molar-refractivity contribution >= 4 is 63.5 Å². The molecular weight excluding hydrogens is 581 g/mol. The van der Waals surface area contributed by atoms with Crippen LogP contribution in [0.15, 0.2) is 36.4 Å². The highest BCUT2D eigenvalue weighted by Gasteiger charge is 2.50. The third-order valence-electron chi connectivity index (χ3n) is 8.99. The molecule has 0 saturated carbocycles. The summed E-state index contributed by atoms with van der Waals surface area (Å²) in [6.07, 6.45) is 0.479. The fraction of sp³-hybridized carbons (Fsp3) is 0.516. The Labute approximate surface area is 278 Å². The molecule has 0 saturated heterocycles. The number of nitrogens with one attached hydrogen (secondary N) is 2. The summed E-state index contributed by atoms with van der Waals surface area (Å²) in [5, 5.41) is 25.5. The number of benzene rings is 2. The van der Waals surface area contributed by atoms with Crippen molar-refractivity contribution in [1.29, 1.82) is 0 Å². The molecule has 0 bridgehead atoms. The van der Waals surface area contributed by atoms with Gasteiger partial charge in [-0.05, 0) is 52.6 Å². The Morgan fingerprint density at radius 1 is 1.07 bits per heavy atom. The summed E-state index contributed by atoms with van der Waals surface area (Å²) < 4.78 is 16.3. The van der Waals surface area contributed by atoms with Gasteiger partial charge >= 0.3 is 0 Å². The molecule has 246 valence electrons. The summed E-state index contributed by atoms with van der Waals surface area (Å²) in [7, 11) is 9.72. The molecule has 0 aromatic heterocycles. The second-order valence-corrected chi connectivity index (χ2v) is 14.9. The standard InChI is InChI=1S/C31H50B5FN4O5/c1-19-9-7-12-24(22(19)15-40(18-43)26(27(45)38-6)30(34,46)29(32,33)17-42)39-13-21-10-8-11-23(25(21)37)31(35,36)41(14-20(2)44)16-28(3,4)5/h7-12,17-18,20,26,39,44,46H,13-16,32-36H2,1-6H3,(H,38,45). The first-order valence-corrected chi connectivity index (χ1v) is 15.8. The summed E-state index contributed by atoms with van der Waals surface area (Å²) in [4.78, 5) is 40.7. The molecule has 3 unspecified atom stereocenters. The van der Waals surface area contributed by atoms with Crippen molar-refractivity contribution in [2.75, 3.05) is 25.5 Å². The third-order valence-corrected chi connectivity index (χ3v) is 8.99. The molecule has 9 nitrogen and oxygen atoms in total. The van der Waals surface area contributed by atoms with E-state index >= 15 is 4.39 Å². The zero-order chi connectivity index (χ0) is 35.3. The Kier molecular flexibility index (Phi) is 13.0. The molecule has 3 atom stereocenters. The van der Waals surface area contributed by atoms with Crippen LogP contribution in [0.25, 0.3) is 0 Å². The van der Waals surface area contributed by atoms with Gasteiger partial charge in [-0.25, -0.2) is 4.39 Å². The Bertz CT molecular complexity index is 1390. The van der Waals surface area contributed by atoms with Crippen LogP contribution in [0.3, 0.4) is 0 Å². The highest BCUT2D eigenvalue weighted by atomic mass is 19.1. The van der Waals surface area contributed by atoms with Crippen molar-refractivity contribution in [3.8, 4) is 0 Å². The molecule has 2 aromatic carbocycles. The van der Waals surface area contributed by atoms with Crippen molar-refractivity contribution in [3.05, 3.63) is 64.5 Å². The van der Waals surface area contributed by atoms with Crippen molar-refractivity contribution in [2.24, 2.45) is 5.41 Å². The summed E-state index contributed by atoms with van der Waals surface area (Å²) in [5.74, 6) is -0.965. The highest BCUT2D eigenvalue weighted by Crippen LogP contribution is 2.35. The fourth-order valence-corrected chi connectivity index (χ4v) is 5.72. The molecule has 2 rings (SSSR count). The molecule has 0 aliphatic rings. The van der Waals surface area contributed by atoms with E-state index in [0.29, 0.717) is 48.2 Å². The van der Waals surface area contributed by atoms with Crippen molar-refractivity contribution in [2.45, 2.75) is 75.9 Å². The second-order valence-electron chi connectivity index (χ2n) is 14.9. The number of hydrogen-bond acceptors (Lipinski definition) is 7.